The highest BCUT2D eigenvalue weighted by Gasteiger charge is 2.00. The molecule has 1 nitrogen and oxygen atoms in total. The van der Waals surface area contributed by atoms with Gasteiger partial charge >= 0.3 is 0 Å². The van der Waals surface area contributed by atoms with Crippen LogP contribution in [0.1, 0.15) is 34.6 Å². The van der Waals surface area contributed by atoms with E-state index >= 15 is 0 Å². The molecule has 0 radical (unpaired) electrons. The lowest BCUT2D eigenvalue weighted by Crippen LogP contribution is -2.18. The predicted octanol–water partition coefficient (Wildman–Crippen LogP) is 3.44. The maximum atomic E-state index is 2.26. The first-order valence-corrected chi connectivity index (χ1v) is 4.41. The van der Waals surface area contributed by atoms with Crippen LogP contribution in [0.2, 0.25) is 0 Å². The van der Waals surface area contributed by atoms with Gasteiger partial charge in [0.2, 0.25) is 0 Å². The van der Waals surface area contributed by atoms with Crippen molar-refractivity contribution in [3.8, 4) is 0 Å². The molecule has 0 saturated carbocycles. The van der Waals surface area contributed by atoms with Crippen LogP contribution in [0.3, 0.4) is 0 Å². The summed E-state index contributed by atoms with van der Waals surface area (Å²) in [4.78, 5) is 2.26. The number of nitrogens with zero attached hydrogens (tertiary/aromatic N) is 1. The van der Waals surface area contributed by atoms with Crippen molar-refractivity contribution >= 4 is 0 Å². The molecule has 72 valence electrons. The molecule has 0 aromatic carbocycles. The molecule has 0 unspecified atom stereocenters. The van der Waals surface area contributed by atoms with Crippen molar-refractivity contribution in [3.63, 3.8) is 0 Å². The smallest absolute Gasteiger partial charge is 0.0356 e. The average molecular weight is 169 g/mol. The van der Waals surface area contributed by atoms with Crippen LogP contribution >= 0.6 is 0 Å². The molecule has 1 heteroatoms. The lowest BCUT2D eigenvalue weighted by Gasteiger charge is -2.21. The molecule has 1 aliphatic heterocycles. The zero-order chi connectivity index (χ0) is 8.69. The van der Waals surface area contributed by atoms with Gasteiger partial charge in [-0.1, -0.05) is 40.3 Å². The first kappa shape index (κ1) is 13.8. The highest BCUT2D eigenvalue weighted by atomic mass is 15.1. The maximum Gasteiger partial charge on any atom is 0.0356 e. The summed E-state index contributed by atoms with van der Waals surface area (Å²) in [5, 5.41) is 0. The quantitative estimate of drug-likeness (QED) is 0.581. The van der Waals surface area contributed by atoms with Gasteiger partial charge in [0.1, 0.15) is 0 Å². The molecule has 0 aliphatic carbocycles. The predicted molar refractivity (Wildman–Crippen MR) is 58.2 cm³/mol. The summed E-state index contributed by atoms with van der Waals surface area (Å²) >= 11 is 0. The summed E-state index contributed by atoms with van der Waals surface area (Å²) < 4.78 is 0. The van der Waals surface area contributed by atoms with Gasteiger partial charge in [-0.2, -0.15) is 0 Å². The van der Waals surface area contributed by atoms with E-state index in [1.165, 1.54) is 5.70 Å². The number of hydrogen-bond donors (Lipinski definition) is 0. The molecule has 1 heterocycles. The van der Waals surface area contributed by atoms with E-state index in [0.717, 1.165) is 13.0 Å². The maximum absolute atomic E-state index is 2.26. The first-order valence-electron chi connectivity index (χ1n) is 4.41. The normalized spacial score (nSPS) is 14.0. The van der Waals surface area contributed by atoms with Gasteiger partial charge in [0, 0.05) is 19.3 Å². The molecule has 1 aliphatic rings. The van der Waals surface area contributed by atoms with E-state index in [1.54, 1.807) is 0 Å². The SMILES string of the molecule is C.CC.CCC1=CC=CCN1C. The summed E-state index contributed by atoms with van der Waals surface area (Å²) in [5.41, 5.74) is 1.43. The zero-order valence-electron chi connectivity index (χ0n) is 8.09. The summed E-state index contributed by atoms with van der Waals surface area (Å²) in [5.74, 6) is 0. The number of allylic oxidation sites excluding steroid dienone is 3. The monoisotopic (exact) mass is 169 g/mol. The van der Waals surface area contributed by atoms with Crippen molar-refractivity contribution in [1.29, 1.82) is 0 Å². The minimum absolute atomic E-state index is 0. The van der Waals surface area contributed by atoms with E-state index in [0.29, 0.717) is 0 Å². The molecular weight excluding hydrogens is 146 g/mol. The van der Waals surface area contributed by atoms with Gasteiger partial charge in [0.05, 0.1) is 0 Å². The average Bonchev–Trinajstić information content (AvgIpc) is 2.09. The Labute approximate surface area is 77.8 Å². The van der Waals surface area contributed by atoms with Gasteiger partial charge in [0.25, 0.3) is 0 Å². The lowest BCUT2D eigenvalue weighted by atomic mass is 10.2. The van der Waals surface area contributed by atoms with E-state index in [1.807, 2.05) is 13.8 Å². The van der Waals surface area contributed by atoms with Crippen LogP contribution in [0.5, 0.6) is 0 Å². The van der Waals surface area contributed by atoms with Crippen molar-refractivity contribution in [3.05, 3.63) is 23.9 Å². The Kier molecular flexibility index (Phi) is 9.66. The number of rotatable bonds is 1. The molecular formula is C11H23N. The topological polar surface area (TPSA) is 3.24 Å². The number of likely N-dealkylation sites (N-methyl/N-ethyl adjacent to an activating group) is 1. The third kappa shape index (κ3) is 4.22. The molecule has 1 rings (SSSR count). The molecule has 0 bridgehead atoms. The fraction of sp³-hybridized carbons (Fsp3) is 0.636. The van der Waals surface area contributed by atoms with Crippen molar-refractivity contribution in [2.75, 3.05) is 13.6 Å². The van der Waals surface area contributed by atoms with E-state index in [2.05, 4.69) is 37.1 Å². The van der Waals surface area contributed by atoms with Crippen molar-refractivity contribution in [1.82, 2.24) is 4.90 Å². The van der Waals surface area contributed by atoms with Crippen molar-refractivity contribution in [2.24, 2.45) is 0 Å². The minimum Gasteiger partial charge on any atom is -0.374 e. The van der Waals surface area contributed by atoms with E-state index in [-0.39, 0.29) is 7.43 Å². The van der Waals surface area contributed by atoms with Gasteiger partial charge in [-0.05, 0) is 12.5 Å². The lowest BCUT2D eigenvalue weighted by molar-refractivity contribution is 0.444. The Hall–Kier alpha value is -0.720. The van der Waals surface area contributed by atoms with Crippen LogP contribution in [0.25, 0.3) is 0 Å². The Balaban J connectivity index is 0. The van der Waals surface area contributed by atoms with Gasteiger partial charge in [-0.25, -0.2) is 0 Å². The highest BCUT2D eigenvalue weighted by molar-refractivity contribution is 5.16. The third-order valence-electron chi connectivity index (χ3n) is 1.66. The molecule has 0 amide bonds. The van der Waals surface area contributed by atoms with E-state index in [4.69, 9.17) is 0 Å². The third-order valence-corrected chi connectivity index (χ3v) is 1.66. The van der Waals surface area contributed by atoms with Crippen molar-refractivity contribution < 1.29 is 0 Å². The standard InChI is InChI=1S/C8H13N.C2H6.CH4/c1-3-8-6-4-5-7-9(8)2;1-2;/h4-6H,3,7H2,1-2H3;1-2H3;1H4. The largest absolute Gasteiger partial charge is 0.374 e. The van der Waals surface area contributed by atoms with Gasteiger partial charge in [-0.3, -0.25) is 0 Å². The Morgan fingerprint density at radius 2 is 2.00 bits per heavy atom. The van der Waals surface area contributed by atoms with Gasteiger partial charge in [-0.15, -0.1) is 0 Å². The van der Waals surface area contributed by atoms with Crippen LogP contribution in [0.15, 0.2) is 23.9 Å². The van der Waals surface area contributed by atoms with Crippen LogP contribution in [0.4, 0.5) is 0 Å². The fourth-order valence-corrected chi connectivity index (χ4v) is 1.03. The second-order valence-corrected chi connectivity index (χ2v) is 2.32. The minimum atomic E-state index is 0. The number of hydrogen-bond acceptors (Lipinski definition) is 1. The van der Waals surface area contributed by atoms with Gasteiger partial charge in [0.15, 0.2) is 0 Å². The van der Waals surface area contributed by atoms with Crippen LogP contribution in [-0.2, 0) is 0 Å². The molecule has 12 heavy (non-hydrogen) atoms. The van der Waals surface area contributed by atoms with Crippen LogP contribution in [-0.4, -0.2) is 18.5 Å². The summed E-state index contributed by atoms with van der Waals surface area (Å²) in [7, 11) is 2.12. The summed E-state index contributed by atoms with van der Waals surface area (Å²) in [6.45, 7) is 7.25. The zero-order valence-corrected chi connectivity index (χ0v) is 8.09. The molecule has 0 saturated heterocycles. The Morgan fingerprint density at radius 3 is 2.33 bits per heavy atom. The Morgan fingerprint density at radius 1 is 1.42 bits per heavy atom. The fourth-order valence-electron chi connectivity index (χ4n) is 1.03. The van der Waals surface area contributed by atoms with Crippen molar-refractivity contribution in [2.45, 2.75) is 34.6 Å². The second-order valence-electron chi connectivity index (χ2n) is 2.32. The molecule has 0 fully saturated rings. The second kappa shape index (κ2) is 8.38. The van der Waals surface area contributed by atoms with Gasteiger partial charge < -0.3 is 4.90 Å². The highest BCUT2D eigenvalue weighted by Crippen LogP contribution is 2.09. The first-order chi connectivity index (χ1) is 5.34. The molecule has 0 aromatic rings. The van der Waals surface area contributed by atoms with E-state index < -0.39 is 0 Å². The van der Waals surface area contributed by atoms with Crippen LogP contribution in [0, 0.1) is 0 Å². The van der Waals surface area contributed by atoms with E-state index in [9.17, 15) is 0 Å². The molecule has 0 atom stereocenters. The summed E-state index contributed by atoms with van der Waals surface area (Å²) in [6, 6.07) is 0. The summed E-state index contributed by atoms with van der Waals surface area (Å²) in [6.07, 6.45) is 7.60. The van der Waals surface area contributed by atoms with Crippen LogP contribution < -0.4 is 0 Å². The Bertz CT molecular complexity index is 145. The molecule has 0 spiro atoms. The molecule has 0 N–H and O–H groups in total. The molecule has 0 aromatic heterocycles.